The number of hydrogen-bond donors (Lipinski definition) is 1. The van der Waals surface area contributed by atoms with Crippen molar-refractivity contribution in [1.82, 2.24) is 15.0 Å². The minimum atomic E-state index is -0.320. The summed E-state index contributed by atoms with van der Waals surface area (Å²) in [7, 11) is 0. The highest BCUT2D eigenvalue weighted by atomic mass is 16.5. The SMILES string of the molecule is CC=COc1cc(C)c(O)c(C(C)(C)C)c1-n1nc2ccccc2n1. The van der Waals surface area contributed by atoms with Crippen LogP contribution in [0.25, 0.3) is 16.7 Å². The van der Waals surface area contributed by atoms with Crippen molar-refractivity contribution >= 4 is 11.0 Å². The largest absolute Gasteiger partial charge is 0.507 e. The van der Waals surface area contributed by atoms with Crippen molar-refractivity contribution in [3.8, 4) is 17.2 Å². The van der Waals surface area contributed by atoms with Crippen LogP contribution in [0.15, 0.2) is 42.7 Å². The maximum absolute atomic E-state index is 10.8. The summed E-state index contributed by atoms with van der Waals surface area (Å²) in [5, 5.41) is 19.9. The van der Waals surface area contributed by atoms with Crippen LogP contribution in [-0.4, -0.2) is 20.1 Å². The number of nitrogens with zero attached hydrogens (tertiary/aromatic N) is 3. The number of hydrogen-bond acceptors (Lipinski definition) is 4. The molecule has 5 nitrogen and oxygen atoms in total. The second-order valence-corrected chi connectivity index (χ2v) is 7.08. The Morgan fingerprint density at radius 3 is 2.24 bits per heavy atom. The van der Waals surface area contributed by atoms with E-state index in [9.17, 15) is 5.11 Å². The first kappa shape index (κ1) is 17.0. The van der Waals surface area contributed by atoms with Crippen LogP contribution in [0.2, 0.25) is 0 Å². The molecule has 3 rings (SSSR count). The third-order valence-electron chi connectivity index (χ3n) is 4.00. The second kappa shape index (κ2) is 6.24. The molecular formula is C20H23N3O2. The summed E-state index contributed by atoms with van der Waals surface area (Å²) >= 11 is 0. The van der Waals surface area contributed by atoms with Crippen LogP contribution in [0.1, 0.15) is 38.8 Å². The molecule has 2 aromatic carbocycles. The van der Waals surface area contributed by atoms with Gasteiger partial charge >= 0.3 is 0 Å². The molecule has 5 heteroatoms. The molecule has 0 bridgehead atoms. The molecule has 130 valence electrons. The maximum atomic E-state index is 10.8. The van der Waals surface area contributed by atoms with Crippen molar-refractivity contribution in [1.29, 1.82) is 0 Å². The number of benzene rings is 2. The molecule has 0 amide bonds. The number of aromatic hydroxyl groups is 1. The highest BCUT2D eigenvalue weighted by Gasteiger charge is 2.29. The number of aryl methyl sites for hydroxylation is 1. The van der Waals surface area contributed by atoms with Crippen molar-refractivity contribution in [3.63, 3.8) is 0 Å². The van der Waals surface area contributed by atoms with E-state index >= 15 is 0 Å². The normalized spacial score (nSPS) is 12.2. The molecule has 0 unspecified atom stereocenters. The van der Waals surface area contributed by atoms with E-state index in [4.69, 9.17) is 4.74 Å². The third-order valence-corrected chi connectivity index (χ3v) is 4.00. The molecule has 0 aliphatic heterocycles. The van der Waals surface area contributed by atoms with Gasteiger partial charge < -0.3 is 9.84 Å². The Balaban J connectivity index is 2.36. The summed E-state index contributed by atoms with van der Waals surface area (Å²) in [6, 6.07) is 9.49. The lowest BCUT2D eigenvalue weighted by Crippen LogP contribution is -2.18. The van der Waals surface area contributed by atoms with Gasteiger partial charge in [0.25, 0.3) is 0 Å². The Hall–Kier alpha value is -2.82. The topological polar surface area (TPSA) is 60.2 Å². The zero-order valence-electron chi connectivity index (χ0n) is 15.2. The average molecular weight is 337 g/mol. The lowest BCUT2D eigenvalue weighted by molar-refractivity contribution is 0.428. The van der Waals surface area contributed by atoms with Crippen LogP contribution in [0.4, 0.5) is 0 Å². The van der Waals surface area contributed by atoms with Crippen molar-refractivity contribution in [2.75, 3.05) is 0 Å². The highest BCUT2D eigenvalue weighted by molar-refractivity contribution is 5.74. The van der Waals surface area contributed by atoms with Crippen LogP contribution in [0.5, 0.6) is 11.5 Å². The van der Waals surface area contributed by atoms with Gasteiger partial charge in [0.2, 0.25) is 0 Å². The Morgan fingerprint density at radius 2 is 1.72 bits per heavy atom. The monoisotopic (exact) mass is 337 g/mol. The fourth-order valence-electron chi connectivity index (χ4n) is 2.87. The minimum absolute atomic E-state index is 0.247. The van der Waals surface area contributed by atoms with Gasteiger partial charge in [0, 0.05) is 5.56 Å². The fraction of sp³-hybridized carbons (Fsp3) is 0.300. The van der Waals surface area contributed by atoms with E-state index in [1.54, 1.807) is 11.1 Å². The predicted molar refractivity (Wildman–Crippen MR) is 99.4 cm³/mol. The summed E-state index contributed by atoms with van der Waals surface area (Å²) in [6.07, 6.45) is 3.43. The number of ether oxygens (including phenoxy) is 1. The first-order chi connectivity index (χ1) is 11.8. The van der Waals surface area contributed by atoms with Crippen molar-refractivity contribution in [3.05, 3.63) is 53.8 Å². The number of phenolic OH excluding ortho intramolecular Hbond substituents is 1. The predicted octanol–water partition coefficient (Wildman–Crippen LogP) is 4.64. The lowest BCUT2D eigenvalue weighted by Gasteiger charge is -2.26. The summed E-state index contributed by atoms with van der Waals surface area (Å²) in [4.78, 5) is 1.56. The quantitative estimate of drug-likeness (QED) is 0.707. The van der Waals surface area contributed by atoms with Crippen LogP contribution in [0, 0.1) is 6.92 Å². The third kappa shape index (κ3) is 3.09. The maximum Gasteiger partial charge on any atom is 0.154 e. The Kier molecular flexibility index (Phi) is 4.25. The zero-order valence-corrected chi connectivity index (χ0v) is 15.2. The number of fused-ring (bicyclic) bond motifs is 1. The molecule has 0 saturated heterocycles. The summed E-state index contributed by atoms with van der Waals surface area (Å²) in [6.45, 7) is 9.90. The summed E-state index contributed by atoms with van der Waals surface area (Å²) in [5.41, 5.74) is 3.43. The standard InChI is InChI=1S/C20H23N3O2/c1-6-11-25-16-12-13(2)19(24)17(20(3,4)5)18(16)23-21-14-9-7-8-10-15(14)22-23/h6-12,24H,1-5H3. The molecule has 25 heavy (non-hydrogen) atoms. The van der Waals surface area contributed by atoms with Gasteiger partial charge in [-0.2, -0.15) is 0 Å². The van der Waals surface area contributed by atoms with Crippen LogP contribution < -0.4 is 4.74 Å². The second-order valence-electron chi connectivity index (χ2n) is 7.08. The molecular weight excluding hydrogens is 314 g/mol. The van der Waals surface area contributed by atoms with Gasteiger partial charge in [0.05, 0.1) is 6.26 Å². The Labute approximate surface area is 147 Å². The van der Waals surface area contributed by atoms with Crippen LogP contribution in [0.3, 0.4) is 0 Å². The van der Waals surface area contributed by atoms with Gasteiger partial charge in [-0.1, -0.05) is 39.0 Å². The fourth-order valence-corrected chi connectivity index (χ4v) is 2.87. The summed E-state index contributed by atoms with van der Waals surface area (Å²) in [5.74, 6) is 0.857. The Bertz CT molecular complexity index is 916. The van der Waals surface area contributed by atoms with Gasteiger partial charge in [0.15, 0.2) is 5.75 Å². The highest BCUT2D eigenvalue weighted by Crippen LogP contribution is 2.42. The molecule has 0 spiro atoms. The number of aromatic nitrogens is 3. The molecule has 0 atom stereocenters. The van der Waals surface area contributed by atoms with Crippen LogP contribution >= 0.6 is 0 Å². The van der Waals surface area contributed by atoms with Gasteiger partial charge in [-0.25, -0.2) is 0 Å². The van der Waals surface area contributed by atoms with Gasteiger partial charge in [0.1, 0.15) is 22.5 Å². The van der Waals surface area contributed by atoms with Crippen LogP contribution in [-0.2, 0) is 5.41 Å². The van der Waals surface area contributed by atoms with Crippen molar-refractivity contribution in [2.45, 2.75) is 40.0 Å². The molecule has 0 aliphatic rings. The molecule has 0 aliphatic carbocycles. The molecule has 1 N–H and O–H groups in total. The zero-order chi connectivity index (χ0) is 18.2. The first-order valence-electron chi connectivity index (χ1n) is 8.30. The molecule has 0 fully saturated rings. The molecule has 3 aromatic rings. The summed E-state index contributed by atoms with van der Waals surface area (Å²) < 4.78 is 5.82. The number of rotatable bonds is 3. The van der Waals surface area contributed by atoms with Gasteiger partial charge in [-0.15, -0.1) is 15.0 Å². The van der Waals surface area contributed by atoms with E-state index in [0.717, 1.165) is 22.2 Å². The van der Waals surface area contributed by atoms with E-state index in [-0.39, 0.29) is 11.2 Å². The first-order valence-corrected chi connectivity index (χ1v) is 8.30. The van der Waals surface area contributed by atoms with E-state index in [2.05, 4.69) is 10.2 Å². The van der Waals surface area contributed by atoms with Gasteiger partial charge in [-0.05, 0) is 43.0 Å². The molecule has 1 aromatic heterocycles. The van der Waals surface area contributed by atoms with Gasteiger partial charge in [-0.3, -0.25) is 0 Å². The van der Waals surface area contributed by atoms with E-state index < -0.39 is 0 Å². The smallest absolute Gasteiger partial charge is 0.154 e. The molecule has 0 radical (unpaired) electrons. The number of phenols is 1. The molecule has 1 heterocycles. The Morgan fingerprint density at radius 1 is 1.12 bits per heavy atom. The molecule has 0 saturated carbocycles. The van der Waals surface area contributed by atoms with Crippen molar-refractivity contribution in [2.24, 2.45) is 0 Å². The number of allylic oxidation sites excluding steroid dienone is 1. The minimum Gasteiger partial charge on any atom is -0.507 e. The van der Waals surface area contributed by atoms with E-state index in [0.29, 0.717) is 11.4 Å². The lowest BCUT2D eigenvalue weighted by atomic mass is 9.83. The van der Waals surface area contributed by atoms with E-state index in [1.807, 2.05) is 71.0 Å². The van der Waals surface area contributed by atoms with E-state index in [1.165, 1.54) is 0 Å². The van der Waals surface area contributed by atoms with Crippen molar-refractivity contribution < 1.29 is 9.84 Å². The average Bonchev–Trinajstić information content (AvgIpc) is 2.97.